The van der Waals surface area contributed by atoms with Gasteiger partial charge in [-0.1, -0.05) is 25.7 Å². The lowest BCUT2D eigenvalue weighted by Gasteiger charge is -2.36. The van der Waals surface area contributed by atoms with Gasteiger partial charge in [-0.3, -0.25) is 4.90 Å². The Morgan fingerprint density at radius 1 is 1.21 bits per heavy atom. The molecule has 1 aromatic rings. The van der Waals surface area contributed by atoms with Crippen molar-refractivity contribution in [3.05, 3.63) is 21.9 Å². The molecule has 0 radical (unpaired) electrons. The van der Waals surface area contributed by atoms with Crippen molar-refractivity contribution in [2.75, 3.05) is 7.05 Å². The molecule has 1 aliphatic rings. The van der Waals surface area contributed by atoms with Crippen LogP contribution in [0.25, 0.3) is 0 Å². The Morgan fingerprint density at radius 3 is 2.32 bits per heavy atom. The molecule has 3 heteroatoms. The summed E-state index contributed by atoms with van der Waals surface area (Å²) in [5.41, 5.74) is 6.29. The maximum Gasteiger partial charge on any atom is 0.0590 e. The highest BCUT2D eigenvalue weighted by molar-refractivity contribution is 7.12. The highest BCUT2D eigenvalue weighted by Gasteiger charge is 2.28. The van der Waals surface area contributed by atoms with Crippen LogP contribution in [0.4, 0.5) is 0 Å². The van der Waals surface area contributed by atoms with Gasteiger partial charge in [0, 0.05) is 21.8 Å². The number of hydrogen-bond donors (Lipinski definition) is 1. The first kappa shape index (κ1) is 15.0. The summed E-state index contributed by atoms with van der Waals surface area (Å²) in [6.45, 7) is 4.32. The van der Waals surface area contributed by atoms with Gasteiger partial charge in [-0.15, -0.1) is 11.3 Å². The van der Waals surface area contributed by atoms with Gasteiger partial charge in [0.05, 0.1) is 6.04 Å². The summed E-state index contributed by atoms with van der Waals surface area (Å²) in [6, 6.07) is 5.76. The van der Waals surface area contributed by atoms with Crippen LogP contribution < -0.4 is 5.73 Å². The molecule has 0 amide bonds. The minimum atomic E-state index is 0.186. The van der Waals surface area contributed by atoms with E-state index in [0.29, 0.717) is 12.1 Å². The molecular formula is C16H28N2S. The molecule has 108 valence electrons. The standard InChI is InChI=1S/C16H28N2S/c1-12-10-11-15(19-12)16(13(2)17)18(3)14-8-6-4-5-7-9-14/h10-11,13-14,16H,4-9,17H2,1-3H3. The molecule has 0 saturated heterocycles. The Morgan fingerprint density at radius 2 is 1.84 bits per heavy atom. The molecule has 1 fully saturated rings. The number of nitrogens with two attached hydrogens (primary N) is 1. The number of thiophene rings is 1. The Balaban J connectivity index is 2.13. The van der Waals surface area contributed by atoms with Gasteiger partial charge in [0.15, 0.2) is 0 Å². The fraction of sp³-hybridized carbons (Fsp3) is 0.750. The molecule has 2 N–H and O–H groups in total. The molecule has 0 spiro atoms. The van der Waals surface area contributed by atoms with Crippen molar-refractivity contribution < 1.29 is 0 Å². The molecule has 0 aromatic carbocycles. The molecule has 1 saturated carbocycles. The minimum Gasteiger partial charge on any atom is -0.326 e. The summed E-state index contributed by atoms with van der Waals surface area (Å²) in [4.78, 5) is 5.37. The monoisotopic (exact) mass is 280 g/mol. The number of hydrogen-bond acceptors (Lipinski definition) is 3. The van der Waals surface area contributed by atoms with E-state index in [4.69, 9.17) is 5.73 Å². The molecule has 0 bridgehead atoms. The maximum absolute atomic E-state index is 6.29. The molecule has 2 unspecified atom stereocenters. The van der Waals surface area contributed by atoms with Crippen molar-refractivity contribution in [2.24, 2.45) is 5.73 Å². The van der Waals surface area contributed by atoms with E-state index in [2.05, 4.69) is 37.9 Å². The molecule has 2 rings (SSSR count). The van der Waals surface area contributed by atoms with E-state index in [9.17, 15) is 0 Å². The van der Waals surface area contributed by atoms with Crippen LogP contribution >= 0.6 is 11.3 Å². The van der Waals surface area contributed by atoms with Crippen LogP contribution in [0.15, 0.2) is 12.1 Å². The van der Waals surface area contributed by atoms with Gasteiger partial charge >= 0.3 is 0 Å². The van der Waals surface area contributed by atoms with Crippen LogP contribution in [0, 0.1) is 6.92 Å². The first-order valence-electron chi connectivity index (χ1n) is 7.63. The van der Waals surface area contributed by atoms with E-state index in [1.165, 1.54) is 48.3 Å². The van der Waals surface area contributed by atoms with Crippen molar-refractivity contribution in [3.8, 4) is 0 Å². The van der Waals surface area contributed by atoms with Gasteiger partial charge in [0.2, 0.25) is 0 Å². The Labute approximate surface area is 122 Å². The Hall–Kier alpha value is -0.380. The zero-order chi connectivity index (χ0) is 13.8. The molecule has 1 heterocycles. The zero-order valence-corrected chi connectivity index (χ0v) is 13.4. The van der Waals surface area contributed by atoms with Crippen molar-refractivity contribution in [3.63, 3.8) is 0 Å². The van der Waals surface area contributed by atoms with E-state index in [1.807, 2.05) is 11.3 Å². The van der Waals surface area contributed by atoms with E-state index in [0.717, 1.165) is 0 Å². The average Bonchev–Trinajstić information content (AvgIpc) is 2.65. The molecule has 2 atom stereocenters. The predicted molar refractivity (Wildman–Crippen MR) is 84.7 cm³/mol. The summed E-state index contributed by atoms with van der Waals surface area (Å²) in [6.07, 6.45) is 8.25. The fourth-order valence-electron chi connectivity index (χ4n) is 3.34. The maximum atomic E-state index is 6.29. The number of rotatable bonds is 4. The van der Waals surface area contributed by atoms with Gasteiger partial charge in [-0.2, -0.15) is 0 Å². The number of likely N-dealkylation sites (N-methyl/N-ethyl adjacent to an activating group) is 1. The minimum absolute atomic E-state index is 0.186. The topological polar surface area (TPSA) is 29.3 Å². The van der Waals surface area contributed by atoms with Gasteiger partial charge in [0.25, 0.3) is 0 Å². The first-order valence-corrected chi connectivity index (χ1v) is 8.45. The average molecular weight is 280 g/mol. The van der Waals surface area contributed by atoms with Crippen LogP contribution in [0.5, 0.6) is 0 Å². The summed E-state index contributed by atoms with van der Waals surface area (Å²) in [7, 11) is 2.28. The molecule has 0 aliphatic heterocycles. The highest BCUT2D eigenvalue weighted by atomic mass is 32.1. The van der Waals surface area contributed by atoms with Crippen LogP contribution in [-0.2, 0) is 0 Å². The fourth-order valence-corrected chi connectivity index (χ4v) is 4.48. The largest absolute Gasteiger partial charge is 0.326 e. The third-order valence-electron chi connectivity index (χ3n) is 4.39. The first-order chi connectivity index (χ1) is 9.09. The smallest absolute Gasteiger partial charge is 0.0590 e. The second kappa shape index (κ2) is 6.87. The van der Waals surface area contributed by atoms with Gasteiger partial charge in [0.1, 0.15) is 0 Å². The summed E-state index contributed by atoms with van der Waals surface area (Å²) in [5.74, 6) is 0. The molecule has 1 aliphatic carbocycles. The molecule has 1 aromatic heterocycles. The van der Waals surface area contributed by atoms with E-state index < -0.39 is 0 Å². The van der Waals surface area contributed by atoms with Crippen LogP contribution in [0.1, 0.15) is 61.2 Å². The summed E-state index contributed by atoms with van der Waals surface area (Å²) >= 11 is 1.90. The predicted octanol–water partition coefficient (Wildman–Crippen LogP) is 4.10. The van der Waals surface area contributed by atoms with Gasteiger partial charge in [-0.05, 0) is 45.9 Å². The number of aryl methyl sites for hydroxylation is 1. The quantitative estimate of drug-likeness (QED) is 0.841. The van der Waals surface area contributed by atoms with Crippen LogP contribution in [-0.4, -0.2) is 24.0 Å². The van der Waals surface area contributed by atoms with Crippen molar-refractivity contribution in [1.82, 2.24) is 4.90 Å². The second-order valence-corrected chi connectivity index (χ2v) is 7.38. The highest BCUT2D eigenvalue weighted by Crippen LogP contribution is 2.33. The second-order valence-electron chi connectivity index (χ2n) is 6.06. The lowest BCUT2D eigenvalue weighted by atomic mass is 10.0. The summed E-state index contributed by atoms with van der Waals surface area (Å²) in [5, 5.41) is 0. The normalized spacial score (nSPS) is 21.3. The van der Waals surface area contributed by atoms with Crippen molar-refractivity contribution in [1.29, 1.82) is 0 Å². The van der Waals surface area contributed by atoms with E-state index in [-0.39, 0.29) is 6.04 Å². The Bertz CT molecular complexity index is 378. The van der Waals surface area contributed by atoms with Crippen molar-refractivity contribution >= 4 is 11.3 Å². The number of nitrogens with zero attached hydrogens (tertiary/aromatic N) is 1. The summed E-state index contributed by atoms with van der Waals surface area (Å²) < 4.78 is 0. The van der Waals surface area contributed by atoms with Crippen LogP contribution in [0.3, 0.4) is 0 Å². The molecule has 19 heavy (non-hydrogen) atoms. The molecule has 2 nitrogen and oxygen atoms in total. The third kappa shape index (κ3) is 3.80. The van der Waals surface area contributed by atoms with E-state index in [1.54, 1.807) is 0 Å². The van der Waals surface area contributed by atoms with Gasteiger partial charge in [-0.25, -0.2) is 0 Å². The third-order valence-corrected chi connectivity index (χ3v) is 5.46. The van der Waals surface area contributed by atoms with Crippen LogP contribution in [0.2, 0.25) is 0 Å². The lowest BCUT2D eigenvalue weighted by Crippen LogP contribution is -2.42. The molecular weight excluding hydrogens is 252 g/mol. The lowest BCUT2D eigenvalue weighted by molar-refractivity contribution is 0.143. The SMILES string of the molecule is Cc1ccc(C(C(C)N)N(C)C2CCCCCC2)s1. The van der Waals surface area contributed by atoms with Crippen molar-refractivity contribution in [2.45, 2.75) is 70.5 Å². The van der Waals surface area contributed by atoms with E-state index >= 15 is 0 Å². The van der Waals surface area contributed by atoms with Gasteiger partial charge < -0.3 is 5.73 Å². The zero-order valence-electron chi connectivity index (χ0n) is 12.6. The Kier molecular flexibility index (Phi) is 5.43.